The van der Waals surface area contributed by atoms with Crippen molar-refractivity contribution >= 4 is 5.69 Å². The van der Waals surface area contributed by atoms with Crippen molar-refractivity contribution in [3.63, 3.8) is 0 Å². The average molecular weight is 206 g/mol. The third kappa shape index (κ3) is 3.24. The van der Waals surface area contributed by atoms with Gasteiger partial charge < -0.3 is 10.2 Å². The summed E-state index contributed by atoms with van der Waals surface area (Å²) in [6, 6.07) is 6.68. The van der Waals surface area contributed by atoms with Gasteiger partial charge in [0.15, 0.2) is 0 Å². The van der Waals surface area contributed by atoms with Crippen molar-refractivity contribution in [2.24, 2.45) is 0 Å². The minimum Gasteiger partial charge on any atom is -0.375 e. The van der Waals surface area contributed by atoms with Crippen LogP contribution >= 0.6 is 0 Å². The summed E-state index contributed by atoms with van der Waals surface area (Å²) >= 11 is 0. The Kier molecular flexibility index (Phi) is 4.63. The third-order valence-corrected chi connectivity index (χ3v) is 2.81. The van der Waals surface area contributed by atoms with Crippen LogP contribution in [0.15, 0.2) is 18.2 Å². The van der Waals surface area contributed by atoms with Gasteiger partial charge in [-0.1, -0.05) is 13.0 Å². The largest absolute Gasteiger partial charge is 0.375 e. The van der Waals surface area contributed by atoms with Crippen molar-refractivity contribution in [1.29, 1.82) is 0 Å². The molecule has 0 atom stereocenters. The summed E-state index contributed by atoms with van der Waals surface area (Å²) in [5, 5.41) is 3.35. The van der Waals surface area contributed by atoms with E-state index < -0.39 is 0 Å². The fourth-order valence-electron chi connectivity index (χ4n) is 1.56. The van der Waals surface area contributed by atoms with Crippen LogP contribution in [0, 0.1) is 6.92 Å². The molecule has 0 aliphatic carbocycles. The molecule has 1 aromatic rings. The van der Waals surface area contributed by atoms with Crippen LogP contribution in [0.2, 0.25) is 0 Å². The van der Waals surface area contributed by atoms with Gasteiger partial charge in [0, 0.05) is 25.8 Å². The van der Waals surface area contributed by atoms with Crippen molar-refractivity contribution in [2.75, 3.05) is 25.0 Å². The maximum absolute atomic E-state index is 3.35. The normalized spacial score (nSPS) is 10.4. The molecule has 0 aliphatic heterocycles. The SMILES string of the molecule is CCNCc1ccc(N(C)CC)cc1C. The van der Waals surface area contributed by atoms with Gasteiger partial charge in [-0.15, -0.1) is 0 Å². The molecule has 0 radical (unpaired) electrons. The first-order valence-corrected chi connectivity index (χ1v) is 5.70. The number of anilines is 1. The minimum absolute atomic E-state index is 0.971. The van der Waals surface area contributed by atoms with E-state index in [0.29, 0.717) is 0 Å². The standard InChI is InChI=1S/C13H22N2/c1-5-14-10-12-7-8-13(9-11(12)3)15(4)6-2/h7-9,14H,5-6,10H2,1-4H3. The van der Waals surface area contributed by atoms with Crippen molar-refractivity contribution in [1.82, 2.24) is 5.32 Å². The molecule has 0 saturated carbocycles. The van der Waals surface area contributed by atoms with Crippen molar-refractivity contribution in [3.05, 3.63) is 29.3 Å². The van der Waals surface area contributed by atoms with Crippen LogP contribution in [-0.4, -0.2) is 20.1 Å². The Hall–Kier alpha value is -1.02. The molecule has 0 saturated heterocycles. The monoisotopic (exact) mass is 206 g/mol. The van der Waals surface area contributed by atoms with Crippen LogP contribution in [0.25, 0.3) is 0 Å². The Bertz CT molecular complexity index is 307. The number of nitrogens with zero attached hydrogens (tertiary/aromatic N) is 1. The molecule has 0 spiro atoms. The van der Waals surface area contributed by atoms with Crippen LogP contribution in [0.4, 0.5) is 5.69 Å². The first-order chi connectivity index (χ1) is 7.19. The molecule has 1 rings (SSSR count). The lowest BCUT2D eigenvalue weighted by Crippen LogP contribution is -2.17. The van der Waals surface area contributed by atoms with Crippen LogP contribution in [0.5, 0.6) is 0 Å². The molecule has 0 unspecified atom stereocenters. The summed E-state index contributed by atoms with van der Waals surface area (Å²) in [6.45, 7) is 9.52. The van der Waals surface area contributed by atoms with E-state index in [9.17, 15) is 0 Å². The van der Waals surface area contributed by atoms with Crippen molar-refractivity contribution in [3.8, 4) is 0 Å². The molecule has 1 aromatic carbocycles. The topological polar surface area (TPSA) is 15.3 Å². The van der Waals surface area contributed by atoms with Crippen molar-refractivity contribution < 1.29 is 0 Å². The Morgan fingerprint density at radius 1 is 1.27 bits per heavy atom. The number of rotatable bonds is 5. The van der Waals surface area contributed by atoms with E-state index >= 15 is 0 Å². The van der Waals surface area contributed by atoms with Crippen molar-refractivity contribution in [2.45, 2.75) is 27.3 Å². The van der Waals surface area contributed by atoms with Crippen LogP contribution < -0.4 is 10.2 Å². The zero-order valence-electron chi connectivity index (χ0n) is 10.3. The smallest absolute Gasteiger partial charge is 0.0366 e. The third-order valence-electron chi connectivity index (χ3n) is 2.81. The predicted octanol–water partition coefficient (Wildman–Crippen LogP) is 2.56. The van der Waals surface area contributed by atoms with E-state index in [1.807, 2.05) is 0 Å². The second-order valence-corrected chi connectivity index (χ2v) is 3.91. The summed E-state index contributed by atoms with van der Waals surface area (Å²) < 4.78 is 0. The molecule has 0 bridgehead atoms. The van der Waals surface area contributed by atoms with E-state index in [0.717, 1.165) is 19.6 Å². The maximum atomic E-state index is 3.35. The summed E-state index contributed by atoms with van der Waals surface area (Å²) in [7, 11) is 2.12. The van der Waals surface area contributed by atoms with Gasteiger partial charge in [0.1, 0.15) is 0 Å². The molecule has 1 N–H and O–H groups in total. The second kappa shape index (κ2) is 5.76. The Balaban J connectivity index is 2.78. The number of hydrogen-bond acceptors (Lipinski definition) is 2. The van der Waals surface area contributed by atoms with Crippen LogP contribution in [0.1, 0.15) is 25.0 Å². The van der Waals surface area contributed by atoms with Gasteiger partial charge in [0.25, 0.3) is 0 Å². The summed E-state index contributed by atoms with van der Waals surface area (Å²) in [4.78, 5) is 2.25. The first-order valence-electron chi connectivity index (χ1n) is 5.70. The van der Waals surface area contributed by atoms with E-state index in [1.54, 1.807) is 0 Å². The van der Waals surface area contributed by atoms with Gasteiger partial charge in [-0.05, 0) is 43.7 Å². The van der Waals surface area contributed by atoms with Gasteiger partial charge in [0.2, 0.25) is 0 Å². The summed E-state index contributed by atoms with van der Waals surface area (Å²) in [5.74, 6) is 0. The van der Waals surface area contributed by atoms with E-state index in [2.05, 4.69) is 56.2 Å². The highest BCUT2D eigenvalue weighted by Crippen LogP contribution is 2.17. The van der Waals surface area contributed by atoms with Crippen LogP contribution in [-0.2, 0) is 6.54 Å². The van der Waals surface area contributed by atoms with E-state index in [1.165, 1.54) is 16.8 Å². The maximum Gasteiger partial charge on any atom is 0.0366 e. The molecule has 0 amide bonds. The lowest BCUT2D eigenvalue weighted by Gasteiger charge is -2.18. The first kappa shape index (κ1) is 12.1. The molecule has 84 valence electrons. The molecule has 0 aromatic heterocycles. The van der Waals surface area contributed by atoms with Gasteiger partial charge in [-0.3, -0.25) is 0 Å². The minimum atomic E-state index is 0.971. The Labute approximate surface area is 93.3 Å². The molecule has 0 aliphatic rings. The number of hydrogen-bond donors (Lipinski definition) is 1. The molecule has 15 heavy (non-hydrogen) atoms. The lowest BCUT2D eigenvalue weighted by atomic mass is 10.1. The molecular formula is C13H22N2. The van der Waals surface area contributed by atoms with Gasteiger partial charge in [-0.2, -0.15) is 0 Å². The summed E-state index contributed by atoms with van der Waals surface area (Å²) in [6.07, 6.45) is 0. The van der Waals surface area contributed by atoms with E-state index in [-0.39, 0.29) is 0 Å². The zero-order valence-corrected chi connectivity index (χ0v) is 10.3. The van der Waals surface area contributed by atoms with Crippen LogP contribution in [0.3, 0.4) is 0 Å². The highest BCUT2D eigenvalue weighted by Gasteiger charge is 2.02. The second-order valence-electron chi connectivity index (χ2n) is 3.91. The fraction of sp³-hybridized carbons (Fsp3) is 0.538. The average Bonchev–Trinajstić information content (AvgIpc) is 2.26. The zero-order chi connectivity index (χ0) is 11.3. The quantitative estimate of drug-likeness (QED) is 0.796. The molecule has 0 fully saturated rings. The molecule has 0 heterocycles. The number of aryl methyl sites for hydroxylation is 1. The number of nitrogens with one attached hydrogen (secondary N) is 1. The highest BCUT2D eigenvalue weighted by atomic mass is 15.1. The number of benzene rings is 1. The van der Waals surface area contributed by atoms with Gasteiger partial charge in [-0.25, -0.2) is 0 Å². The molecular weight excluding hydrogens is 184 g/mol. The Morgan fingerprint density at radius 2 is 2.00 bits per heavy atom. The van der Waals surface area contributed by atoms with Gasteiger partial charge >= 0.3 is 0 Å². The highest BCUT2D eigenvalue weighted by molar-refractivity contribution is 5.50. The summed E-state index contributed by atoms with van der Waals surface area (Å²) in [5.41, 5.74) is 4.06. The Morgan fingerprint density at radius 3 is 2.53 bits per heavy atom. The fourth-order valence-corrected chi connectivity index (χ4v) is 1.56. The van der Waals surface area contributed by atoms with Gasteiger partial charge in [0.05, 0.1) is 0 Å². The molecule has 2 heteroatoms. The predicted molar refractivity (Wildman–Crippen MR) is 67.5 cm³/mol. The lowest BCUT2D eigenvalue weighted by molar-refractivity contribution is 0.723. The molecule has 2 nitrogen and oxygen atoms in total. The van der Waals surface area contributed by atoms with E-state index in [4.69, 9.17) is 0 Å².